The molecule has 0 aliphatic carbocycles. The molecule has 1 N–H and O–H groups in total. The van der Waals surface area contributed by atoms with Crippen LogP contribution < -0.4 is 10.2 Å². The maximum Gasteiger partial charge on any atom is 0.292 e. The fourth-order valence-corrected chi connectivity index (χ4v) is 3.53. The number of halogens is 1. The SMILES string of the molecule is Cl.O=C(CCC1CCNC1)N1CCN(c2ccccc2[N+](=O)[O-])CC1. The number of nitrogens with one attached hydrogen (secondary N) is 1. The lowest BCUT2D eigenvalue weighted by Crippen LogP contribution is -2.49. The zero-order valence-corrected chi connectivity index (χ0v) is 15.0. The maximum atomic E-state index is 12.4. The van der Waals surface area contributed by atoms with Gasteiger partial charge in [0, 0.05) is 38.7 Å². The fourth-order valence-electron chi connectivity index (χ4n) is 3.53. The van der Waals surface area contributed by atoms with Crippen molar-refractivity contribution in [1.82, 2.24) is 10.2 Å². The highest BCUT2D eigenvalue weighted by molar-refractivity contribution is 5.85. The maximum absolute atomic E-state index is 12.4. The van der Waals surface area contributed by atoms with Gasteiger partial charge in [-0.15, -0.1) is 12.4 Å². The molecule has 1 unspecified atom stereocenters. The van der Waals surface area contributed by atoms with Gasteiger partial charge in [-0.05, 0) is 37.9 Å². The van der Waals surface area contributed by atoms with Gasteiger partial charge in [-0.2, -0.15) is 0 Å². The molecule has 2 aliphatic rings. The molecule has 7 nitrogen and oxygen atoms in total. The van der Waals surface area contributed by atoms with Crippen LogP contribution in [0.1, 0.15) is 19.3 Å². The monoisotopic (exact) mass is 368 g/mol. The van der Waals surface area contributed by atoms with Crippen molar-refractivity contribution in [2.75, 3.05) is 44.2 Å². The molecule has 2 fully saturated rings. The number of nitro groups is 1. The summed E-state index contributed by atoms with van der Waals surface area (Å²) in [5.41, 5.74) is 0.776. The number of hydrogen-bond donors (Lipinski definition) is 1. The van der Waals surface area contributed by atoms with Gasteiger partial charge in [0.25, 0.3) is 5.69 Å². The van der Waals surface area contributed by atoms with E-state index in [1.807, 2.05) is 15.9 Å². The van der Waals surface area contributed by atoms with E-state index in [0.29, 0.717) is 44.2 Å². The summed E-state index contributed by atoms with van der Waals surface area (Å²) in [6.45, 7) is 4.64. The summed E-state index contributed by atoms with van der Waals surface area (Å²) in [6.07, 6.45) is 2.73. The van der Waals surface area contributed by atoms with E-state index in [0.717, 1.165) is 19.5 Å². The number of piperazine rings is 1. The molecule has 138 valence electrons. The first kappa shape index (κ1) is 19.5. The summed E-state index contributed by atoms with van der Waals surface area (Å²) in [5.74, 6) is 0.839. The summed E-state index contributed by atoms with van der Waals surface area (Å²) < 4.78 is 0. The lowest BCUT2D eigenvalue weighted by Gasteiger charge is -2.36. The van der Waals surface area contributed by atoms with Crippen LogP contribution in [0.3, 0.4) is 0 Å². The first-order valence-corrected chi connectivity index (χ1v) is 8.62. The molecule has 2 heterocycles. The van der Waals surface area contributed by atoms with E-state index in [1.54, 1.807) is 12.1 Å². The van der Waals surface area contributed by atoms with Gasteiger partial charge < -0.3 is 15.1 Å². The van der Waals surface area contributed by atoms with E-state index in [1.165, 1.54) is 12.5 Å². The minimum atomic E-state index is -0.345. The van der Waals surface area contributed by atoms with Crippen molar-refractivity contribution in [3.63, 3.8) is 0 Å². The zero-order valence-electron chi connectivity index (χ0n) is 14.2. The van der Waals surface area contributed by atoms with Gasteiger partial charge in [-0.1, -0.05) is 12.1 Å². The number of nitro benzene ring substituents is 1. The van der Waals surface area contributed by atoms with Gasteiger partial charge in [0.2, 0.25) is 5.91 Å². The molecule has 0 aromatic heterocycles. The molecule has 1 aromatic rings. The first-order valence-electron chi connectivity index (χ1n) is 8.62. The van der Waals surface area contributed by atoms with Crippen LogP contribution >= 0.6 is 12.4 Å². The molecular formula is C17H25ClN4O3. The molecule has 2 saturated heterocycles. The molecule has 3 rings (SSSR count). The highest BCUT2D eigenvalue weighted by atomic mass is 35.5. The molecule has 1 atom stereocenters. The van der Waals surface area contributed by atoms with Crippen molar-refractivity contribution in [3.8, 4) is 0 Å². The van der Waals surface area contributed by atoms with Crippen molar-refractivity contribution in [1.29, 1.82) is 0 Å². The van der Waals surface area contributed by atoms with E-state index < -0.39 is 0 Å². The Morgan fingerprint density at radius 2 is 1.96 bits per heavy atom. The van der Waals surface area contributed by atoms with E-state index in [9.17, 15) is 14.9 Å². The van der Waals surface area contributed by atoms with Crippen molar-refractivity contribution in [2.45, 2.75) is 19.3 Å². The van der Waals surface area contributed by atoms with Crippen molar-refractivity contribution in [3.05, 3.63) is 34.4 Å². The molecule has 0 radical (unpaired) electrons. The Morgan fingerprint density at radius 1 is 1.24 bits per heavy atom. The predicted molar refractivity (Wildman–Crippen MR) is 99.3 cm³/mol. The second-order valence-electron chi connectivity index (χ2n) is 6.51. The number of para-hydroxylation sites is 2. The van der Waals surface area contributed by atoms with Gasteiger partial charge in [0.05, 0.1) is 4.92 Å². The number of benzene rings is 1. The number of nitrogens with zero attached hydrogens (tertiary/aromatic N) is 3. The lowest BCUT2D eigenvalue weighted by molar-refractivity contribution is -0.384. The predicted octanol–water partition coefficient (Wildman–Crippen LogP) is 2.05. The number of anilines is 1. The van der Waals surface area contributed by atoms with Crippen LogP contribution in [0, 0.1) is 16.0 Å². The van der Waals surface area contributed by atoms with Gasteiger partial charge in [0.1, 0.15) is 5.69 Å². The van der Waals surface area contributed by atoms with Crippen LogP contribution in [-0.2, 0) is 4.79 Å². The standard InChI is InChI=1S/C17H24N4O3.ClH/c22-17(6-5-14-7-8-18-13-14)20-11-9-19(10-12-20)15-3-1-2-4-16(15)21(23)24;/h1-4,14,18H,5-13H2;1H. The fraction of sp³-hybridized carbons (Fsp3) is 0.588. The van der Waals surface area contributed by atoms with Crippen LogP contribution in [0.25, 0.3) is 0 Å². The van der Waals surface area contributed by atoms with Crippen molar-refractivity contribution >= 4 is 29.7 Å². The van der Waals surface area contributed by atoms with Crippen LogP contribution in [0.2, 0.25) is 0 Å². The van der Waals surface area contributed by atoms with Crippen molar-refractivity contribution < 1.29 is 9.72 Å². The summed E-state index contributed by atoms with van der Waals surface area (Å²) in [4.78, 5) is 27.1. The second kappa shape index (κ2) is 9.01. The third-order valence-corrected chi connectivity index (χ3v) is 4.98. The molecule has 0 saturated carbocycles. The normalized spacial score (nSPS) is 20.2. The Balaban J connectivity index is 0.00000225. The van der Waals surface area contributed by atoms with Crippen LogP contribution in [-0.4, -0.2) is 55.0 Å². The Hall–Kier alpha value is -1.86. The summed E-state index contributed by atoms with van der Waals surface area (Å²) in [7, 11) is 0. The number of carbonyl (C=O) groups is 1. The van der Waals surface area contributed by atoms with E-state index in [-0.39, 0.29) is 28.9 Å². The minimum Gasteiger partial charge on any atom is -0.362 e. The summed E-state index contributed by atoms with van der Waals surface area (Å²) >= 11 is 0. The number of hydrogen-bond acceptors (Lipinski definition) is 5. The summed E-state index contributed by atoms with van der Waals surface area (Å²) in [6, 6.07) is 6.81. The van der Waals surface area contributed by atoms with Gasteiger partial charge in [0.15, 0.2) is 0 Å². The summed E-state index contributed by atoms with van der Waals surface area (Å²) in [5, 5.41) is 14.5. The van der Waals surface area contributed by atoms with Crippen molar-refractivity contribution in [2.24, 2.45) is 5.92 Å². The Morgan fingerprint density at radius 3 is 2.60 bits per heavy atom. The Kier molecular flexibility index (Phi) is 7.01. The van der Waals surface area contributed by atoms with E-state index >= 15 is 0 Å². The Labute approximate surface area is 153 Å². The Bertz CT molecular complexity index is 599. The molecular weight excluding hydrogens is 344 g/mol. The lowest BCUT2D eigenvalue weighted by atomic mass is 10.0. The van der Waals surface area contributed by atoms with E-state index in [4.69, 9.17) is 0 Å². The first-order chi connectivity index (χ1) is 11.6. The highest BCUT2D eigenvalue weighted by Crippen LogP contribution is 2.28. The molecule has 0 spiro atoms. The van der Waals surface area contributed by atoms with Crippen LogP contribution in [0.4, 0.5) is 11.4 Å². The number of rotatable bonds is 5. The number of carbonyl (C=O) groups excluding carboxylic acids is 1. The third-order valence-electron chi connectivity index (χ3n) is 4.98. The number of amides is 1. The largest absolute Gasteiger partial charge is 0.362 e. The second-order valence-corrected chi connectivity index (χ2v) is 6.51. The zero-order chi connectivity index (χ0) is 16.9. The molecule has 1 amide bonds. The average Bonchev–Trinajstić information content (AvgIpc) is 3.13. The molecule has 2 aliphatic heterocycles. The smallest absolute Gasteiger partial charge is 0.292 e. The molecule has 8 heteroatoms. The third kappa shape index (κ3) is 4.83. The van der Waals surface area contributed by atoms with E-state index in [2.05, 4.69) is 5.32 Å². The molecule has 0 bridgehead atoms. The molecule has 25 heavy (non-hydrogen) atoms. The van der Waals surface area contributed by atoms with Gasteiger partial charge in [-0.3, -0.25) is 14.9 Å². The quantitative estimate of drug-likeness (QED) is 0.635. The highest BCUT2D eigenvalue weighted by Gasteiger charge is 2.26. The minimum absolute atomic E-state index is 0. The van der Waals surface area contributed by atoms with Crippen LogP contribution in [0.15, 0.2) is 24.3 Å². The average molecular weight is 369 g/mol. The van der Waals surface area contributed by atoms with Gasteiger partial charge in [-0.25, -0.2) is 0 Å². The molecule has 1 aromatic carbocycles. The van der Waals surface area contributed by atoms with Crippen LogP contribution in [0.5, 0.6) is 0 Å². The van der Waals surface area contributed by atoms with Gasteiger partial charge >= 0.3 is 0 Å². The topological polar surface area (TPSA) is 78.7 Å².